The van der Waals surface area contributed by atoms with Crippen LogP contribution >= 0.6 is 11.6 Å². The topological polar surface area (TPSA) is 84.2 Å². The van der Waals surface area contributed by atoms with Crippen molar-refractivity contribution < 1.29 is 9.59 Å². The molecule has 0 unspecified atom stereocenters. The first kappa shape index (κ1) is 13.7. The summed E-state index contributed by atoms with van der Waals surface area (Å²) in [7, 11) is 0. The monoisotopic (exact) mass is 281 g/mol. The van der Waals surface area contributed by atoms with Crippen LogP contribution in [-0.2, 0) is 11.2 Å². The molecule has 3 amide bonds. The maximum absolute atomic E-state index is 11.9. The highest BCUT2D eigenvalue weighted by molar-refractivity contribution is 6.31. The van der Waals surface area contributed by atoms with Crippen LogP contribution in [0.1, 0.15) is 30.5 Å². The van der Waals surface area contributed by atoms with Crippen LogP contribution in [0.4, 0.5) is 4.79 Å². The van der Waals surface area contributed by atoms with E-state index in [0.29, 0.717) is 0 Å². The average Bonchev–Trinajstić information content (AvgIpc) is 2.73. The first-order valence-electron chi connectivity index (χ1n) is 6.12. The van der Waals surface area contributed by atoms with Crippen LogP contribution in [0.25, 0.3) is 0 Å². The Hall–Kier alpha value is -1.75. The number of hydrogen-bond acceptors (Lipinski definition) is 2. The zero-order valence-corrected chi connectivity index (χ0v) is 11.3. The zero-order valence-electron chi connectivity index (χ0n) is 10.6. The molecule has 102 valence electrons. The number of fused-ring (bicyclic) bond motifs is 1. The van der Waals surface area contributed by atoms with E-state index in [4.69, 9.17) is 17.3 Å². The number of carbonyl (C=O) groups is 2. The fourth-order valence-electron chi connectivity index (χ4n) is 2.34. The highest BCUT2D eigenvalue weighted by Gasteiger charge is 2.27. The Labute approximate surface area is 116 Å². The Morgan fingerprint density at radius 2 is 2.21 bits per heavy atom. The van der Waals surface area contributed by atoms with Gasteiger partial charge in [0.05, 0.1) is 6.04 Å². The summed E-state index contributed by atoms with van der Waals surface area (Å²) in [6.45, 7) is 1.59. The molecule has 2 atom stereocenters. The first-order chi connectivity index (χ1) is 8.99. The molecule has 1 aromatic rings. The van der Waals surface area contributed by atoms with Gasteiger partial charge in [0.1, 0.15) is 6.04 Å². The number of nitrogens with one attached hydrogen (secondary N) is 2. The highest BCUT2D eigenvalue weighted by atomic mass is 35.5. The van der Waals surface area contributed by atoms with Crippen LogP contribution in [0.2, 0.25) is 5.02 Å². The third-order valence-corrected chi connectivity index (χ3v) is 3.64. The predicted molar refractivity (Wildman–Crippen MR) is 72.8 cm³/mol. The van der Waals surface area contributed by atoms with Gasteiger partial charge in [0, 0.05) is 5.02 Å². The Balaban J connectivity index is 2.05. The smallest absolute Gasteiger partial charge is 0.312 e. The van der Waals surface area contributed by atoms with Gasteiger partial charge in [-0.3, -0.25) is 4.79 Å². The maximum atomic E-state index is 11.9. The molecule has 19 heavy (non-hydrogen) atoms. The molecule has 1 aliphatic carbocycles. The normalized spacial score (nSPS) is 18.5. The van der Waals surface area contributed by atoms with Crippen LogP contribution in [0, 0.1) is 0 Å². The van der Waals surface area contributed by atoms with Gasteiger partial charge in [0.2, 0.25) is 5.91 Å². The second kappa shape index (κ2) is 5.48. The van der Waals surface area contributed by atoms with Gasteiger partial charge in [-0.25, -0.2) is 4.79 Å². The van der Waals surface area contributed by atoms with Crippen molar-refractivity contribution in [1.29, 1.82) is 0 Å². The summed E-state index contributed by atoms with van der Waals surface area (Å²) >= 11 is 6.12. The quantitative estimate of drug-likeness (QED) is 0.784. The minimum atomic E-state index is -0.711. The minimum Gasteiger partial charge on any atom is -0.352 e. The van der Waals surface area contributed by atoms with E-state index in [-0.39, 0.29) is 11.9 Å². The van der Waals surface area contributed by atoms with Gasteiger partial charge in [0.25, 0.3) is 0 Å². The fourth-order valence-corrected chi connectivity index (χ4v) is 2.61. The molecule has 5 nitrogen and oxygen atoms in total. The Bertz CT molecular complexity index is 519. The summed E-state index contributed by atoms with van der Waals surface area (Å²) in [5.74, 6) is -0.253. The summed E-state index contributed by atoms with van der Waals surface area (Å²) in [5.41, 5.74) is 7.12. The van der Waals surface area contributed by atoms with E-state index >= 15 is 0 Å². The number of benzene rings is 1. The van der Waals surface area contributed by atoms with Crippen molar-refractivity contribution in [1.82, 2.24) is 10.6 Å². The molecule has 0 aliphatic heterocycles. The summed E-state index contributed by atoms with van der Waals surface area (Å²) in [6, 6.07) is 4.26. The lowest BCUT2D eigenvalue weighted by Gasteiger charge is -2.18. The maximum Gasteiger partial charge on any atom is 0.312 e. The summed E-state index contributed by atoms with van der Waals surface area (Å²) in [6.07, 6.45) is 1.66. The van der Waals surface area contributed by atoms with Crippen molar-refractivity contribution in [2.45, 2.75) is 31.8 Å². The predicted octanol–water partition coefficient (Wildman–Crippen LogP) is 1.50. The molecule has 2 rings (SSSR count). The van der Waals surface area contributed by atoms with E-state index in [2.05, 4.69) is 10.6 Å². The lowest BCUT2D eigenvalue weighted by Crippen LogP contribution is -2.47. The first-order valence-corrected chi connectivity index (χ1v) is 6.50. The molecule has 0 radical (unpaired) electrons. The third kappa shape index (κ3) is 2.98. The van der Waals surface area contributed by atoms with Crippen molar-refractivity contribution in [2.24, 2.45) is 5.73 Å². The van der Waals surface area contributed by atoms with Crippen LogP contribution < -0.4 is 16.4 Å². The largest absolute Gasteiger partial charge is 0.352 e. The van der Waals surface area contributed by atoms with Crippen molar-refractivity contribution in [2.75, 3.05) is 0 Å². The average molecular weight is 282 g/mol. The Morgan fingerprint density at radius 3 is 2.89 bits per heavy atom. The van der Waals surface area contributed by atoms with Crippen molar-refractivity contribution in [3.05, 3.63) is 34.3 Å². The molecule has 0 heterocycles. The lowest BCUT2D eigenvalue weighted by molar-refractivity contribution is -0.123. The molecule has 1 aliphatic rings. The lowest BCUT2D eigenvalue weighted by atomic mass is 10.1. The SMILES string of the molecule is C[C@H](NC(N)=O)C(=O)N[C@@H]1CCc2c(Cl)cccc21. The summed E-state index contributed by atoms with van der Waals surface area (Å²) in [4.78, 5) is 22.6. The number of halogens is 1. The van der Waals surface area contributed by atoms with Gasteiger partial charge in [0.15, 0.2) is 0 Å². The molecule has 0 spiro atoms. The van der Waals surface area contributed by atoms with Gasteiger partial charge in [-0.05, 0) is 37.0 Å². The number of carbonyl (C=O) groups excluding carboxylic acids is 2. The Kier molecular flexibility index (Phi) is 3.95. The second-order valence-electron chi connectivity index (χ2n) is 4.64. The third-order valence-electron chi connectivity index (χ3n) is 3.28. The molecule has 1 aromatic carbocycles. The number of hydrogen-bond donors (Lipinski definition) is 3. The molecule has 4 N–H and O–H groups in total. The van der Waals surface area contributed by atoms with Crippen molar-refractivity contribution >= 4 is 23.5 Å². The summed E-state index contributed by atoms with van der Waals surface area (Å²) < 4.78 is 0. The van der Waals surface area contributed by atoms with Crippen LogP contribution in [0.5, 0.6) is 0 Å². The van der Waals surface area contributed by atoms with Crippen LogP contribution in [-0.4, -0.2) is 18.0 Å². The molecule has 0 saturated heterocycles. The standard InChI is InChI=1S/C13H16ClN3O2/c1-7(16-13(15)19)12(18)17-11-6-5-8-9(11)3-2-4-10(8)14/h2-4,7,11H,5-6H2,1H3,(H,17,18)(H3,15,16,19)/t7-,11+/m0/s1. The fraction of sp³-hybridized carbons (Fsp3) is 0.385. The minimum absolute atomic E-state index is 0.0571. The summed E-state index contributed by atoms with van der Waals surface area (Å²) in [5, 5.41) is 5.99. The van der Waals surface area contributed by atoms with E-state index in [1.165, 1.54) is 0 Å². The van der Waals surface area contributed by atoms with Crippen LogP contribution in [0.3, 0.4) is 0 Å². The molecule has 0 bridgehead atoms. The molecular formula is C13H16ClN3O2. The van der Waals surface area contributed by atoms with E-state index in [1.807, 2.05) is 18.2 Å². The van der Waals surface area contributed by atoms with Crippen molar-refractivity contribution in [3.63, 3.8) is 0 Å². The van der Waals surface area contributed by atoms with E-state index < -0.39 is 12.1 Å². The highest BCUT2D eigenvalue weighted by Crippen LogP contribution is 2.35. The molecule has 6 heteroatoms. The zero-order chi connectivity index (χ0) is 14.0. The molecule has 0 fully saturated rings. The molecule has 0 aromatic heterocycles. The number of urea groups is 1. The van der Waals surface area contributed by atoms with Gasteiger partial charge in [-0.2, -0.15) is 0 Å². The van der Waals surface area contributed by atoms with Crippen LogP contribution in [0.15, 0.2) is 18.2 Å². The van der Waals surface area contributed by atoms with E-state index in [0.717, 1.165) is 29.0 Å². The van der Waals surface area contributed by atoms with Gasteiger partial charge in [-0.1, -0.05) is 23.7 Å². The number of nitrogens with two attached hydrogens (primary N) is 1. The number of primary amides is 1. The number of rotatable bonds is 3. The number of amides is 3. The van der Waals surface area contributed by atoms with E-state index in [1.54, 1.807) is 6.92 Å². The van der Waals surface area contributed by atoms with Gasteiger partial charge < -0.3 is 16.4 Å². The molecule has 0 saturated carbocycles. The van der Waals surface area contributed by atoms with E-state index in [9.17, 15) is 9.59 Å². The van der Waals surface area contributed by atoms with Crippen molar-refractivity contribution in [3.8, 4) is 0 Å². The van der Waals surface area contributed by atoms with Gasteiger partial charge in [-0.15, -0.1) is 0 Å². The Morgan fingerprint density at radius 1 is 1.47 bits per heavy atom. The van der Waals surface area contributed by atoms with Gasteiger partial charge >= 0.3 is 6.03 Å². The second-order valence-corrected chi connectivity index (χ2v) is 5.04. The molecular weight excluding hydrogens is 266 g/mol.